The zero-order valence-electron chi connectivity index (χ0n) is 11.7. The largest absolute Gasteiger partial charge is 0.481 e. The van der Waals surface area contributed by atoms with Crippen LogP contribution in [0, 0.1) is 11.3 Å². The highest BCUT2D eigenvalue weighted by atomic mass is 16.4. The van der Waals surface area contributed by atoms with Crippen LogP contribution < -0.4 is 5.73 Å². The maximum Gasteiger partial charge on any atom is 0.303 e. The molecule has 0 aromatic heterocycles. The van der Waals surface area contributed by atoms with Crippen molar-refractivity contribution in [1.29, 1.82) is 0 Å². The van der Waals surface area contributed by atoms with Gasteiger partial charge in [0.1, 0.15) is 0 Å². The Morgan fingerprint density at radius 2 is 1.89 bits per heavy atom. The molecule has 0 bridgehead atoms. The summed E-state index contributed by atoms with van der Waals surface area (Å²) >= 11 is 0. The maximum atomic E-state index is 11.0. The van der Waals surface area contributed by atoms with Gasteiger partial charge in [-0.25, -0.2) is 0 Å². The molecular weight excluding hydrogens is 238 g/mol. The molecule has 0 atom stereocenters. The van der Waals surface area contributed by atoms with Crippen LogP contribution in [0.1, 0.15) is 38.7 Å². The van der Waals surface area contributed by atoms with Gasteiger partial charge in [0.2, 0.25) is 0 Å². The molecule has 0 amide bonds. The average Bonchev–Trinajstić information content (AvgIpc) is 2.33. The van der Waals surface area contributed by atoms with Crippen molar-refractivity contribution >= 4 is 5.97 Å². The Kier molecular flexibility index (Phi) is 3.68. The third-order valence-corrected chi connectivity index (χ3v) is 4.79. The first-order valence-electron chi connectivity index (χ1n) is 6.91. The van der Waals surface area contributed by atoms with Crippen molar-refractivity contribution in [3.8, 4) is 0 Å². The average molecular weight is 261 g/mol. The van der Waals surface area contributed by atoms with E-state index in [0.29, 0.717) is 12.5 Å². The number of benzene rings is 1. The summed E-state index contributed by atoms with van der Waals surface area (Å²) in [5.41, 5.74) is 7.05. The van der Waals surface area contributed by atoms with Crippen LogP contribution >= 0.6 is 0 Å². The fourth-order valence-corrected chi connectivity index (χ4v) is 3.66. The summed E-state index contributed by atoms with van der Waals surface area (Å²) < 4.78 is 0. The molecule has 0 unspecified atom stereocenters. The van der Waals surface area contributed by atoms with Crippen molar-refractivity contribution in [3.05, 3.63) is 35.9 Å². The molecule has 1 saturated carbocycles. The lowest BCUT2D eigenvalue weighted by molar-refractivity contribution is -0.143. The zero-order valence-corrected chi connectivity index (χ0v) is 11.7. The van der Waals surface area contributed by atoms with Gasteiger partial charge in [0.15, 0.2) is 0 Å². The van der Waals surface area contributed by atoms with Gasteiger partial charge in [-0.15, -0.1) is 0 Å². The zero-order chi connectivity index (χ0) is 14.1. The molecule has 2 rings (SSSR count). The van der Waals surface area contributed by atoms with Crippen molar-refractivity contribution < 1.29 is 9.90 Å². The number of carboxylic acids is 1. The highest BCUT2D eigenvalue weighted by molar-refractivity contribution is 5.68. The summed E-state index contributed by atoms with van der Waals surface area (Å²) in [6.45, 7) is 4.89. The highest BCUT2D eigenvalue weighted by Gasteiger charge is 2.56. The molecule has 3 heteroatoms. The Morgan fingerprint density at radius 3 is 2.32 bits per heavy atom. The quantitative estimate of drug-likeness (QED) is 0.856. The first-order chi connectivity index (χ1) is 8.94. The third kappa shape index (κ3) is 2.39. The van der Waals surface area contributed by atoms with E-state index in [-0.39, 0.29) is 17.3 Å². The molecule has 3 nitrogen and oxygen atoms in total. The van der Waals surface area contributed by atoms with Gasteiger partial charge in [-0.1, -0.05) is 44.2 Å². The van der Waals surface area contributed by atoms with Gasteiger partial charge < -0.3 is 10.8 Å². The lowest BCUT2D eigenvalue weighted by atomic mass is 9.46. The molecule has 19 heavy (non-hydrogen) atoms. The fraction of sp³-hybridized carbons (Fsp3) is 0.562. The summed E-state index contributed by atoms with van der Waals surface area (Å²) in [6.07, 6.45) is 1.94. The standard InChI is InChI=1S/C16H23NO2/c1-12(2)16(13-6-4-3-5-7-13)9-15(10-16,11-17)8-14(18)19/h3-7,12H,8-11,17H2,1-2H3,(H,18,19)/t15-,16-. The molecule has 1 aliphatic carbocycles. The van der Waals surface area contributed by atoms with Crippen LogP contribution in [-0.4, -0.2) is 17.6 Å². The lowest BCUT2D eigenvalue weighted by Gasteiger charge is -2.58. The van der Waals surface area contributed by atoms with Gasteiger partial charge >= 0.3 is 5.97 Å². The van der Waals surface area contributed by atoms with Gasteiger partial charge in [-0.2, -0.15) is 0 Å². The summed E-state index contributed by atoms with van der Waals surface area (Å²) in [5.74, 6) is -0.251. The maximum absolute atomic E-state index is 11.0. The van der Waals surface area contributed by atoms with Gasteiger partial charge in [0.05, 0.1) is 6.42 Å². The Morgan fingerprint density at radius 1 is 1.32 bits per heavy atom. The molecule has 0 radical (unpaired) electrons. The lowest BCUT2D eigenvalue weighted by Crippen LogP contribution is -2.56. The summed E-state index contributed by atoms with van der Waals surface area (Å²) in [6, 6.07) is 10.4. The number of rotatable bonds is 5. The first-order valence-corrected chi connectivity index (χ1v) is 6.91. The Bertz CT molecular complexity index is 447. The first kappa shape index (κ1) is 14.1. The van der Waals surface area contributed by atoms with Crippen molar-refractivity contribution in [1.82, 2.24) is 0 Å². The Balaban J connectivity index is 2.26. The normalized spacial score (nSPS) is 30.1. The fourth-order valence-electron chi connectivity index (χ4n) is 3.66. The number of nitrogens with two attached hydrogens (primary N) is 1. The van der Waals surface area contributed by atoms with Gasteiger partial charge in [-0.3, -0.25) is 4.79 Å². The molecule has 104 valence electrons. The second kappa shape index (κ2) is 4.97. The predicted molar refractivity (Wildman–Crippen MR) is 75.9 cm³/mol. The van der Waals surface area contributed by atoms with Crippen LogP contribution in [-0.2, 0) is 10.2 Å². The van der Waals surface area contributed by atoms with E-state index in [1.165, 1.54) is 5.56 Å². The van der Waals surface area contributed by atoms with E-state index in [4.69, 9.17) is 10.8 Å². The van der Waals surface area contributed by atoms with Gasteiger partial charge in [0, 0.05) is 0 Å². The smallest absolute Gasteiger partial charge is 0.303 e. The number of aliphatic carboxylic acids is 1. The number of hydrogen-bond donors (Lipinski definition) is 2. The van der Waals surface area contributed by atoms with Crippen LogP contribution in [0.25, 0.3) is 0 Å². The van der Waals surface area contributed by atoms with Crippen LogP contribution in [0.4, 0.5) is 0 Å². The SMILES string of the molecule is CC(C)[C@]1(c2ccccc2)C[C@@](CN)(CC(=O)O)C1. The van der Waals surface area contributed by atoms with E-state index in [1.807, 2.05) is 6.07 Å². The molecule has 0 spiro atoms. The minimum absolute atomic E-state index is 0.0933. The number of hydrogen-bond acceptors (Lipinski definition) is 2. The third-order valence-electron chi connectivity index (χ3n) is 4.79. The van der Waals surface area contributed by atoms with E-state index in [1.54, 1.807) is 0 Å². The monoisotopic (exact) mass is 261 g/mol. The molecule has 1 aromatic carbocycles. The van der Waals surface area contributed by atoms with E-state index in [2.05, 4.69) is 38.1 Å². The van der Waals surface area contributed by atoms with Crippen LogP contribution in [0.5, 0.6) is 0 Å². The van der Waals surface area contributed by atoms with Crippen LogP contribution in [0.3, 0.4) is 0 Å². The van der Waals surface area contributed by atoms with E-state index < -0.39 is 5.97 Å². The summed E-state index contributed by atoms with van der Waals surface area (Å²) in [4.78, 5) is 11.0. The van der Waals surface area contributed by atoms with Crippen molar-refractivity contribution in [2.45, 2.75) is 38.5 Å². The van der Waals surface area contributed by atoms with Crippen molar-refractivity contribution in [3.63, 3.8) is 0 Å². The molecule has 1 aliphatic rings. The van der Waals surface area contributed by atoms with Crippen LogP contribution in [0.15, 0.2) is 30.3 Å². The van der Waals surface area contributed by atoms with Crippen molar-refractivity contribution in [2.24, 2.45) is 17.1 Å². The van der Waals surface area contributed by atoms with Crippen molar-refractivity contribution in [2.75, 3.05) is 6.54 Å². The second-order valence-electron chi connectivity index (χ2n) is 6.31. The highest BCUT2D eigenvalue weighted by Crippen LogP contribution is 2.60. The number of carbonyl (C=O) groups is 1. The van der Waals surface area contributed by atoms with Crippen LogP contribution in [0.2, 0.25) is 0 Å². The molecule has 0 heterocycles. The Hall–Kier alpha value is -1.35. The molecule has 3 N–H and O–H groups in total. The van der Waals surface area contributed by atoms with Gasteiger partial charge in [-0.05, 0) is 41.7 Å². The van der Waals surface area contributed by atoms with E-state index >= 15 is 0 Å². The van der Waals surface area contributed by atoms with E-state index in [0.717, 1.165) is 12.8 Å². The predicted octanol–water partition coefficient (Wildman–Crippen LogP) is 2.79. The minimum Gasteiger partial charge on any atom is -0.481 e. The Labute approximate surface area is 114 Å². The summed E-state index contributed by atoms with van der Waals surface area (Å²) in [5, 5.41) is 9.07. The van der Waals surface area contributed by atoms with E-state index in [9.17, 15) is 4.79 Å². The minimum atomic E-state index is -0.740. The molecule has 0 aliphatic heterocycles. The summed E-state index contributed by atoms with van der Waals surface area (Å²) in [7, 11) is 0. The number of carboxylic acid groups (broad SMARTS) is 1. The second-order valence-corrected chi connectivity index (χ2v) is 6.31. The van der Waals surface area contributed by atoms with Gasteiger partial charge in [0.25, 0.3) is 0 Å². The molecule has 0 saturated heterocycles. The molecular formula is C16H23NO2. The molecule has 1 fully saturated rings. The molecule has 1 aromatic rings. The topological polar surface area (TPSA) is 63.3 Å².